The second-order valence-corrected chi connectivity index (χ2v) is 7.01. The van der Waals surface area contributed by atoms with E-state index >= 15 is 0 Å². The number of rotatable bonds is 6. The van der Waals surface area contributed by atoms with E-state index in [-0.39, 0.29) is 5.91 Å². The van der Waals surface area contributed by atoms with Crippen LogP contribution in [0.5, 0.6) is 0 Å². The third-order valence-corrected chi connectivity index (χ3v) is 4.98. The van der Waals surface area contributed by atoms with E-state index in [2.05, 4.69) is 15.3 Å². The second kappa shape index (κ2) is 7.73. The van der Waals surface area contributed by atoms with Gasteiger partial charge in [-0.2, -0.15) is 0 Å². The van der Waals surface area contributed by atoms with Gasteiger partial charge in [0.25, 0.3) is 0 Å². The van der Waals surface area contributed by atoms with Crippen molar-refractivity contribution in [2.75, 3.05) is 11.1 Å². The third kappa shape index (κ3) is 4.30. The fourth-order valence-electron chi connectivity index (χ4n) is 2.29. The van der Waals surface area contributed by atoms with Crippen LogP contribution in [-0.4, -0.2) is 21.6 Å². The van der Waals surface area contributed by atoms with Crippen molar-refractivity contribution in [1.82, 2.24) is 9.97 Å². The van der Waals surface area contributed by atoms with Gasteiger partial charge in [0.2, 0.25) is 5.91 Å². The van der Waals surface area contributed by atoms with Crippen LogP contribution in [0, 0.1) is 6.92 Å². The number of carbonyl (C=O) groups is 1. The molecule has 3 aromatic rings. The maximum Gasteiger partial charge on any atom is 0.224 e. The van der Waals surface area contributed by atoms with E-state index in [1.807, 2.05) is 43.3 Å². The van der Waals surface area contributed by atoms with Crippen molar-refractivity contribution in [2.24, 2.45) is 0 Å². The summed E-state index contributed by atoms with van der Waals surface area (Å²) in [5.41, 5.74) is 3.74. The number of imidazole rings is 1. The van der Waals surface area contributed by atoms with Crippen LogP contribution < -0.4 is 5.32 Å². The smallest absolute Gasteiger partial charge is 0.224 e. The van der Waals surface area contributed by atoms with Crippen LogP contribution in [0.3, 0.4) is 0 Å². The molecule has 0 saturated carbocycles. The average molecular weight is 360 g/mol. The zero-order chi connectivity index (χ0) is 16.9. The van der Waals surface area contributed by atoms with Crippen LogP contribution in [0.25, 0.3) is 11.0 Å². The highest BCUT2D eigenvalue weighted by Gasteiger charge is 2.06. The molecule has 1 aromatic heterocycles. The summed E-state index contributed by atoms with van der Waals surface area (Å²) in [6.07, 6.45) is 1.26. The van der Waals surface area contributed by atoms with E-state index in [0.717, 1.165) is 39.6 Å². The normalized spacial score (nSPS) is 10.9. The Balaban J connectivity index is 1.44. The first kappa shape index (κ1) is 16.9. The number of fused-ring (bicyclic) bond motifs is 1. The monoisotopic (exact) mass is 359 g/mol. The molecule has 24 heavy (non-hydrogen) atoms. The summed E-state index contributed by atoms with van der Waals surface area (Å²) in [5.74, 6) is 0.835. The first-order valence-corrected chi connectivity index (χ1v) is 9.12. The maximum absolute atomic E-state index is 12.0. The molecule has 2 aromatic carbocycles. The maximum atomic E-state index is 12.0. The van der Waals surface area contributed by atoms with Crippen LogP contribution in [-0.2, 0) is 4.79 Å². The minimum absolute atomic E-state index is 0.000116. The lowest BCUT2D eigenvalue weighted by molar-refractivity contribution is -0.116. The number of halogens is 1. The van der Waals surface area contributed by atoms with Crippen molar-refractivity contribution in [2.45, 2.75) is 24.9 Å². The van der Waals surface area contributed by atoms with E-state index in [1.165, 1.54) is 0 Å². The van der Waals surface area contributed by atoms with Crippen LogP contribution in [0.15, 0.2) is 47.6 Å². The molecule has 0 spiro atoms. The fraction of sp³-hybridized carbons (Fsp3) is 0.222. The number of carbonyl (C=O) groups excluding carboxylic acids is 1. The van der Waals surface area contributed by atoms with Crippen LogP contribution >= 0.6 is 23.4 Å². The summed E-state index contributed by atoms with van der Waals surface area (Å²) in [6.45, 7) is 1.93. The highest BCUT2D eigenvalue weighted by molar-refractivity contribution is 7.99. The van der Waals surface area contributed by atoms with E-state index in [1.54, 1.807) is 17.8 Å². The Morgan fingerprint density at radius 2 is 2.12 bits per heavy atom. The number of anilines is 1. The molecule has 3 rings (SSSR count). The van der Waals surface area contributed by atoms with E-state index in [0.29, 0.717) is 11.4 Å². The number of hydrogen-bond acceptors (Lipinski definition) is 3. The molecule has 2 N–H and O–H groups in total. The van der Waals surface area contributed by atoms with Gasteiger partial charge < -0.3 is 10.3 Å². The molecule has 124 valence electrons. The molecule has 6 heteroatoms. The van der Waals surface area contributed by atoms with Gasteiger partial charge in [0.15, 0.2) is 5.16 Å². The third-order valence-electron chi connectivity index (χ3n) is 3.61. The Hall–Kier alpha value is -1.98. The molecule has 1 amide bonds. The van der Waals surface area contributed by atoms with Crippen molar-refractivity contribution in [3.05, 3.63) is 53.1 Å². The number of nitrogens with zero attached hydrogens (tertiary/aromatic N) is 1. The highest BCUT2D eigenvalue weighted by Crippen LogP contribution is 2.21. The predicted molar refractivity (Wildman–Crippen MR) is 101 cm³/mol. The summed E-state index contributed by atoms with van der Waals surface area (Å²) in [6, 6.07) is 13.5. The number of aromatic nitrogens is 2. The van der Waals surface area contributed by atoms with Crippen molar-refractivity contribution < 1.29 is 4.79 Å². The molecule has 0 fully saturated rings. The summed E-state index contributed by atoms with van der Waals surface area (Å²) in [7, 11) is 0. The molecule has 0 aliphatic carbocycles. The Kier molecular flexibility index (Phi) is 5.43. The van der Waals surface area contributed by atoms with Crippen molar-refractivity contribution in [1.29, 1.82) is 0 Å². The summed E-state index contributed by atoms with van der Waals surface area (Å²) in [4.78, 5) is 19.8. The van der Waals surface area contributed by atoms with E-state index in [9.17, 15) is 4.79 Å². The predicted octanol–water partition coefficient (Wildman–Crippen LogP) is 5.04. The van der Waals surface area contributed by atoms with Gasteiger partial charge in [0.05, 0.1) is 11.0 Å². The molecule has 0 bridgehead atoms. The summed E-state index contributed by atoms with van der Waals surface area (Å²) >= 11 is 7.69. The van der Waals surface area contributed by atoms with Gasteiger partial charge in [-0.15, -0.1) is 0 Å². The van der Waals surface area contributed by atoms with Crippen molar-refractivity contribution >= 4 is 46.0 Å². The average Bonchev–Trinajstić information content (AvgIpc) is 2.98. The first-order chi connectivity index (χ1) is 11.6. The lowest BCUT2D eigenvalue weighted by Crippen LogP contribution is -2.11. The molecular weight excluding hydrogens is 342 g/mol. The Morgan fingerprint density at radius 3 is 2.92 bits per heavy atom. The lowest BCUT2D eigenvalue weighted by atomic mass is 10.2. The Bertz CT molecular complexity index is 829. The number of amides is 1. The zero-order valence-electron chi connectivity index (χ0n) is 13.3. The fourth-order valence-corrected chi connectivity index (χ4v) is 3.30. The molecule has 0 aliphatic rings. The van der Waals surface area contributed by atoms with Gasteiger partial charge in [-0.25, -0.2) is 4.98 Å². The number of aryl methyl sites for hydroxylation is 1. The molecular formula is C18H18ClN3OS. The van der Waals surface area contributed by atoms with Gasteiger partial charge >= 0.3 is 0 Å². The number of benzene rings is 2. The molecule has 0 saturated heterocycles. The second-order valence-electron chi connectivity index (χ2n) is 5.52. The SMILES string of the molecule is Cc1ccc(NC(=O)CCCSc2nc3ccccc3[nH]2)cc1Cl. The van der Waals surface area contributed by atoms with Crippen LogP contribution in [0.2, 0.25) is 5.02 Å². The van der Waals surface area contributed by atoms with Crippen LogP contribution in [0.1, 0.15) is 18.4 Å². The number of para-hydroxylation sites is 2. The molecule has 0 aliphatic heterocycles. The molecule has 0 atom stereocenters. The van der Waals surface area contributed by atoms with Crippen molar-refractivity contribution in [3.8, 4) is 0 Å². The minimum atomic E-state index is 0.000116. The number of H-pyrrole nitrogens is 1. The summed E-state index contributed by atoms with van der Waals surface area (Å²) < 4.78 is 0. The van der Waals surface area contributed by atoms with Gasteiger partial charge in [-0.1, -0.05) is 41.6 Å². The molecule has 0 radical (unpaired) electrons. The minimum Gasteiger partial charge on any atom is -0.333 e. The molecule has 4 nitrogen and oxygen atoms in total. The quantitative estimate of drug-likeness (QED) is 0.479. The van der Waals surface area contributed by atoms with E-state index in [4.69, 9.17) is 11.6 Å². The highest BCUT2D eigenvalue weighted by atomic mass is 35.5. The Labute approximate surface area is 150 Å². The number of thioether (sulfide) groups is 1. The topological polar surface area (TPSA) is 57.8 Å². The van der Waals surface area contributed by atoms with E-state index < -0.39 is 0 Å². The zero-order valence-corrected chi connectivity index (χ0v) is 14.9. The number of nitrogens with one attached hydrogen (secondary N) is 2. The standard InChI is InChI=1S/C18H18ClN3OS/c1-12-8-9-13(11-14(12)19)20-17(23)7-4-10-24-18-21-15-5-2-3-6-16(15)22-18/h2-3,5-6,8-9,11H,4,7,10H2,1H3,(H,20,23)(H,21,22). The number of hydrogen-bond donors (Lipinski definition) is 2. The largest absolute Gasteiger partial charge is 0.333 e. The molecule has 0 unspecified atom stereocenters. The van der Waals surface area contributed by atoms with Gasteiger partial charge in [-0.05, 0) is 43.2 Å². The number of aromatic amines is 1. The van der Waals surface area contributed by atoms with Gasteiger partial charge in [-0.3, -0.25) is 4.79 Å². The molecule has 1 heterocycles. The van der Waals surface area contributed by atoms with Gasteiger partial charge in [0, 0.05) is 22.9 Å². The van der Waals surface area contributed by atoms with Crippen molar-refractivity contribution in [3.63, 3.8) is 0 Å². The Morgan fingerprint density at radius 1 is 1.29 bits per heavy atom. The first-order valence-electron chi connectivity index (χ1n) is 7.75. The summed E-state index contributed by atoms with van der Waals surface area (Å²) in [5, 5.41) is 4.43. The van der Waals surface area contributed by atoms with Gasteiger partial charge in [0.1, 0.15) is 0 Å². The lowest BCUT2D eigenvalue weighted by Gasteiger charge is -2.06. The van der Waals surface area contributed by atoms with Crippen LogP contribution in [0.4, 0.5) is 5.69 Å².